The van der Waals surface area contributed by atoms with E-state index in [-0.39, 0.29) is 6.10 Å². The van der Waals surface area contributed by atoms with Crippen molar-refractivity contribution in [2.24, 2.45) is 0 Å². The largest absolute Gasteiger partial charge is 0.465 e. The van der Waals surface area contributed by atoms with Crippen LogP contribution in [0.25, 0.3) is 0 Å². The highest BCUT2D eigenvalue weighted by Crippen LogP contribution is 2.09. The summed E-state index contributed by atoms with van der Waals surface area (Å²) in [5.74, 6) is 0. The molecular formula is C10H21NO3. The van der Waals surface area contributed by atoms with Gasteiger partial charge in [-0.1, -0.05) is 26.7 Å². The Kier molecular flexibility index (Phi) is 7.20. The highest BCUT2D eigenvalue weighted by Gasteiger charge is 2.19. The maximum absolute atomic E-state index is 10.3. The Morgan fingerprint density at radius 3 is 2.00 bits per heavy atom. The number of aliphatic hydroxyl groups is 1. The van der Waals surface area contributed by atoms with Crippen molar-refractivity contribution in [3.05, 3.63) is 0 Å². The molecule has 1 heterocycles. The molecule has 0 unspecified atom stereocenters. The van der Waals surface area contributed by atoms with Crippen LogP contribution < -0.4 is 0 Å². The number of amides is 1. The van der Waals surface area contributed by atoms with Crippen molar-refractivity contribution in [2.75, 3.05) is 13.1 Å². The zero-order chi connectivity index (χ0) is 11.0. The fourth-order valence-corrected chi connectivity index (χ4v) is 1.06. The Morgan fingerprint density at radius 1 is 1.29 bits per heavy atom. The van der Waals surface area contributed by atoms with E-state index in [4.69, 9.17) is 10.2 Å². The molecule has 1 rings (SSSR count). The first kappa shape index (κ1) is 13.2. The molecule has 0 aromatic rings. The molecule has 1 aliphatic heterocycles. The summed E-state index contributed by atoms with van der Waals surface area (Å²) in [4.78, 5) is 11.6. The first-order valence-corrected chi connectivity index (χ1v) is 5.27. The van der Waals surface area contributed by atoms with Crippen molar-refractivity contribution in [1.29, 1.82) is 0 Å². The third kappa shape index (κ3) is 5.80. The number of hydrogen-bond acceptors (Lipinski definition) is 2. The molecule has 1 aliphatic rings. The Hall–Kier alpha value is -0.770. The third-order valence-electron chi connectivity index (χ3n) is 2.24. The van der Waals surface area contributed by atoms with Gasteiger partial charge in [0.2, 0.25) is 0 Å². The van der Waals surface area contributed by atoms with Crippen molar-refractivity contribution in [2.45, 2.75) is 45.6 Å². The Morgan fingerprint density at radius 2 is 1.71 bits per heavy atom. The average molecular weight is 203 g/mol. The quantitative estimate of drug-likeness (QED) is 0.684. The molecule has 4 nitrogen and oxygen atoms in total. The molecule has 0 spiro atoms. The standard InChI is InChI=1S/C6H11NO3.C4H10/c8-5-1-3-7(4-2-5)6(9)10;1-3-4-2/h5,8H,1-4H2,(H,9,10);3-4H2,1-2H3. The van der Waals surface area contributed by atoms with Gasteiger partial charge in [-0.2, -0.15) is 0 Å². The average Bonchev–Trinajstić information content (AvgIpc) is 2.19. The summed E-state index contributed by atoms with van der Waals surface area (Å²) in [5, 5.41) is 17.5. The van der Waals surface area contributed by atoms with Crippen LogP contribution in [0.1, 0.15) is 39.5 Å². The number of carboxylic acid groups (broad SMARTS) is 1. The molecule has 0 saturated carbocycles. The lowest BCUT2D eigenvalue weighted by atomic mass is 10.1. The van der Waals surface area contributed by atoms with Crippen LogP contribution in [-0.4, -0.2) is 40.4 Å². The Bertz CT molecular complexity index is 151. The summed E-state index contributed by atoms with van der Waals surface area (Å²) in [6.45, 7) is 5.30. The van der Waals surface area contributed by atoms with E-state index in [0.29, 0.717) is 25.9 Å². The van der Waals surface area contributed by atoms with Gasteiger partial charge in [0.05, 0.1) is 6.10 Å². The molecule has 4 heteroatoms. The van der Waals surface area contributed by atoms with Gasteiger partial charge < -0.3 is 15.1 Å². The minimum Gasteiger partial charge on any atom is -0.465 e. The second kappa shape index (κ2) is 7.62. The van der Waals surface area contributed by atoms with E-state index in [1.165, 1.54) is 17.7 Å². The van der Waals surface area contributed by atoms with E-state index < -0.39 is 6.09 Å². The summed E-state index contributed by atoms with van der Waals surface area (Å²) < 4.78 is 0. The van der Waals surface area contributed by atoms with Gasteiger partial charge in [0.15, 0.2) is 0 Å². The highest BCUT2D eigenvalue weighted by molar-refractivity contribution is 5.64. The zero-order valence-electron chi connectivity index (χ0n) is 9.07. The number of nitrogens with zero attached hydrogens (tertiary/aromatic N) is 1. The number of unbranched alkanes of at least 4 members (excludes halogenated alkanes) is 1. The zero-order valence-corrected chi connectivity index (χ0v) is 9.07. The van der Waals surface area contributed by atoms with Crippen molar-refractivity contribution in [3.8, 4) is 0 Å². The van der Waals surface area contributed by atoms with Gasteiger partial charge in [-0.25, -0.2) is 4.79 Å². The highest BCUT2D eigenvalue weighted by atomic mass is 16.4. The summed E-state index contributed by atoms with van der Waals surface area (Å²) in [5.41, 5.74) is 0. The van der Waals surface area contributed by atoms with Crippen LogP contribution in [0, 0.1) is 0 Å². The number of carbonyl (C=O) groups is 1. The Labute approximate surface area is 85.5 Å². The molecule has 0 aromatic heterocycles. The van der Waals surface area contributed by atoms with E-state index in [0.717, 1.165) is 0 Å². The predicted molar refractivity (Wildman–Crippen MR) is 55.4 cm³/mol. The summed E-state index contributed by atoms with van der Waals surface area (Å²) in [6, 6.07) is 0. The van der Waals surface area contributed by atoms with E-state index in [2.05, 4.69) is 13.8 Å². The minimum atomic E-state index is -0.883. The van der Waals surface area contributed by atoms with Gasteiger partial charge in [0, 0.05) is 13.1 Å². The molecule has 0 bridgehead atoms. The molecule has 0 atom stereocenters. The summed E-state index contributed by atoms with van der Waals surface area (Å²) >= 11 is 0. The maximum atomic E-state index is 10.3. The monoisotopic (exact) mass is 203 g/mol. The van der Waals surface area contributed by atoms with Crippen molar-refractivity contribution in [3.63, 3.8) is 0 Å². The van der Waals surface area contributed by atoms with Crippen LogP contribution in [-0.2, 0) is 0 Å². The lowest BCUT2D eigenvalue weighted by Crippen LogP contribution is -2.39. The third-order valence-corrected chi connectivity index (χ3v) is 2.24. The molecule has 1 amide bonds. The van der Waals surface area contributed by atoms with E-state index >= 15 is 0 Å². The first-order chi connectivity index (χ1) is 6.61. The molecular weight excluding hydrogens is 182 g/mol. The van der Waals surface area contributed by atoms with Gasteiger partial charge in [0.25, 0.3) is 0 Å². The van der Waals surface area contributed by atoms with Crippen molar-refractivity contribution < 1.29 is 15.0 Å². The summed E-state index contributed by atoms with van der Waals surface area (Å²) in [7, 11) is 0. The number of aliphatic hydroxyl groups excluding tert-OH is 1. The van der Waals surface area contributed by atoms with Gasteiger partial charge >= 0.3 is 6.09 Å². The van der Waals surface area contributed by atoms with Crippen LogP contribution >= 0.6 is 0 Å². The molecule has 0 aliphatic carbocycles. The van der Waals surface area contributed by atoms with Gasteiger partial charge in [-0.3, -0.25) is 0 Å². The van der Waals surface area contributed by atoms with Crippen molar-refractivity contribution in [1.82, 2.24) is 4.90 Å². The minimum absolute atomic E-state index is 0.296. The first-order valence-electron chi connectivity index (χ1n) is 5.27. The van der Waals surface area contributed by atoms with Crippen LogP contribution in [0.4, 0.5) is 4.79 Å². The van der Waals surface area contributed by atoms with Crippen LogP contribution in [0.15, 0.2) is 0 Å². The second-order valence-electron chi connectivity index (χ2n) is 3.50. The van der Waals surface area contributed by atoms with Gasteiger partial charge in [-0.15, -0.1) is 0 Å². The molecule has 84 valence electrons. The van der Waals surface area contributed by atoms with Crippen LogP contribution in [0.2, 0.25) is 0 Å². The van der Waals surface area contributed by atoms with Gasteiger partial charge in [-0.05, 0) is 12.8 Å². The normalized spacial score (nSPS) is 17.2. The van der Waals surface area contributed by atoms with E-state index in [1.54, 1.807) is 0 Å². The lowest BCUT2D eigenvalue weighted by molar-refractivity contribution is 0.0769. The SMILES string of the molecule is CCCC.O=C(O)N1CCC(O)CC1. The smallest absolute Gasteiger partial charge is 0.407 e. The van der Waals surface area contributed by atoms with Crippen LogP contribution in [0.5, 0.6) is 0 Å². The van der Waals surface area contributed by atoms with E-state index in [1.807, 2.05) is 0 Å². The number of piperidine rings is 1. The van der Waals surface area contributed by atoms with Crippen LogP contribution in [0.3, 0.4) is 0 Å². The Balaban J connectivity index is 0.000000364. The number of hydrogen-bond donors (Lipinski definition) is 2. The number of likely N-dealkylation sites (tertiary alicyclic amines) is 1. The second-order valence-corrected chi connectivity index (χ2v) is 3.50. The molecule has 0 aromatic carbocycles. The predicted octanol–water partition coefficient (Wildman–Crippen LogP) is 1.93. The number of rotatable bonds is 1. The molecule has 1 fully saturated rings. The molecule has 2 N–H and O–H groups in total. The molecule has 14 heavy (non-hydrogen) atoms. The fraction of sp³-hybridized carbons (Fsp3) is 0.900. The van der Waals surface area contributed by atoms with Crippen molar-refractivity contribution >= 4 is 6.09 Å². The van der Waals surface area contributed by atoms with Gasteiger partial charge in [0.1, 0.15) is 0 Å². The van der Waals surface area contributed by atoms with E-state index in [9.17, 15) is 4.79 Å². The lowest BCUT2D eigenvalue weighted by Gasteiger charge is -2.26. The maximum Gasteiger partial charge on any atom is 0.407 e. The topological polar surface area (TPSA) is 60.8 Å². The fourth-order valence-electron chi connectivity index (χ4n) is 1.06. The summed E-state index contributed by atoms with van der Waals surface area (Å²) in [6.07, 6.45) is 2.61. The molecule has 0 radical (unpaired) electrons. The molecule has 1 saturated heterocycles.